The first kappa shape index (κ1) is 48.3. The molecule has 0 fully saturated rings. The molecular formula is C64H61N4OPt-3. The van der Waals surface area contributed by atoms with Gasteiger partial charge >= 0.3 is 0 Å². The van der Waals surface area contributed by atoms with Crippen LogP contribution in [0.2, 0.25) is 0 Å². The molecule has 0 unspecified atom stereocenters. The maximum absolute atomic E-state index is 6.74. The minimum atomic E-state index is -0.379. The standard InChI is InChI=1S/C64H61N4O.Pt/c1-61(2,3)48-29-32-57-56(38-48)55-31-30-54(41-58(55)68(57)60-39-49(33-34-65-60)62(4,5)6)69-53-28-20-27-51(40-53)66-42-59(64(9,10)47-25-18-13-19-26-47)67(43-66)52-36-45(44-21-14-11-15-22-44)35-50(37-52)63(7,8)46-23-16-12-17-24-46;/h11-39,42-43H,1-10H3;/q-3;. The van der Waals surface area contributed by atoms with Gasteiger partial charge in [0.2, 0.25) is 0 Å². The largest absolute Gasteiger partial charge is 0.509 e. The van der Waals surface area contributed by atoms with E-state index in [2.05, 4.69) is 260 Å². The van der Waals surface area contributed by atoms with Crippen molar-refractivity contribution < 1.29 is 25.8 Å². The number of ether oxygens (including phenoxy) is 1. The molecule has 70 heavy (non-hydrogen) atoms. The van der Waals surface area contributed by atoms with E-state index >= 15 is 0 Å². The molecule has 10 rings (SSSR count). The number of aromatic nitrogens is 2. The van der Waals surface area contributed by atoms with Gasteiger partial charge in [-0.15, -0.1) is 48.1 Å². The number of allylic oxidation sites excluding steroid dienone is 1. The van der Waals surface area contributed by atoms with Gasteiger partial charge < -0.3 is 19.1 Å². The van der Waals surface area contributed by atoms with Crippen molar-refractivity contribution in [3.63, 3.8) is 0 Å². The van der Waals surface area contributed by atoms with Crippen molar-refractivity contribution in [1.82, 2.24) is 9.55 Å². The summed E-state index contributed by atoms with van der Waals surface area (Å²) in [5.41, 5.74) is 12.9. The van der Waals surface area contributed by atoms with Crippen molar-refractivity contribution in [2.24, 2.45) is 0 Å². The summed E-state index contributed by atoms with van der Waals surface area (Å²) in [5.74, 6) is 2.05. The fourth-order valence-corrected chi connectivity index (χ4v) is 9.61. The summed E-state index contributed by atoms with van der Waals surface area (Å²) in [6.45, 7) is 24.9. The van der Waals surface area contributed by atoms with Crippen LogP contribution in [0.1, 0.15) is 97.1 Å². The number of benzene rings is 7. The molecule has 5 nitrogen and oxygen atoms in total. The molecule has 0 saturated carbocycles. The molecule has 9 aromatic rings. The Morgan fingerprint density at radius 2 is 1.13 bits per heavy atom. The van der Waals surface area contributed by atoms with Crippen LogP contribution in [0.15, 0.2) is 188 Å². The molecule has 0 saturated heterocycles. The maximum Gasteiger partial charge on any atom is 0.135 e. The van der Waals surface area contributed by atoms with Gasteiger partial charge in [-0.25, -0.2) is 4.98 Å². The summed E-state index contributed by atoms with van der Waals surface area (Å²) >= 11 is 0. The van der Waals surface area contributed by atoms with Gasteiger partial charge in [0.15, 0.2) is 0 Å². The second kappa shape index (κ2) is 18.6. The molecule has 1 aliphatic heterocycles. The van der Waals surface area contributed by atoms with Crippen LogP contribution in [0.3, 0.4) is 0 Å². The molecule has 6 heteroatoms. The van der Waals surface area contributed by atoms with E-state index in [1.54, 1.807) is 0 Å². The summed E-state index contributed by atoms with van der Waals surface area (Å²) in [7, 11) is 0. The van der Waals surface area contributed by atoms with Gasteiger partial charge in [0.25, 0.3) is 0 Å². The first-order valence-electron chi connectivity index (χ1n) is 24.1. The van der Waals surface area contributed by atoms with Crippen LogP contribution < -0.4 is 14.5 Å². The molecule has 0 radical (unpaired) electrons. The number of fused-ring (bicyclic) bond motifs is 3. The van der Waals surface area contributed by atoms with Crippen LogP contribution >= 0.6 is 0 Å². The normalized spacial score (nSPS) is 13.4. The molecule has 0 amide bonds. The Hall–Kier alpha value is -6.68. The molecule has 1 aliphatic rings. The summed E-state index contributed by atoms with van der Waals surface area (Å²) < 4.78 is 8.97. The molecule has 2 aromatic heterocycles. The quantitative estimate of drug-likeness (QED) is 0.128. The first-order chi connectivity index (χ1) is 32.9. The zero-order valence-corrected chi connectivity index (χ0v) is 44.2. The predicted octanol–water partition coefficient (Wildman–Crippen LogP) is 16.4. The summed E-state index contributed by atoms with van der Waals surface area (Å²) in [5, 5.41) is 2.26. The zero-order valence-electron chi connectivity index (χ0n) is 41.9. The molecular weight excluding hydrogens is 1040 g/mol. The van der Waals surface area contributed by atoms with Crippen LogP contribution in [0.25, 0.3) is 38.8 Å². The van der Waals surface area contributed by atoms with Gasteiger partial charge in [-0.3, -0.25) is 0 Å². The van der Waals surface area contributed by atoms with Crippen LogP contribution in [0.4, 0.5) is 11.4 Å². The fraction of sp³-hybridized carbons (Fsp3) is 0.219. The molecule has 0 bridgehead atoms. The molecule has 0 N–H and O–H groups in total. The summed E-state index contributed by atoms with van der Waals surface area (Å²) in [6, 6.07) is 68.1. The number of anilines is 2. The topological polar surface area (TPSA) is 33.5 Å². The van der Waals surface area contributed by atoms with Crippen molar-refractivity contribution in [2.75, 3.05) is 9.80 Å². The molecule has 0 spiro atoms. The van der Waals surface area contributed by atoms with Gasteiger partial charge in [0.1, 0.15) is 5.82 Å². The van der Waals surface area contributed by atoms with Gasteiger partial charge in [-0.05, 0) is 91.7 Å². The Morgan fingerprint density at radius 3 is 1.80 bits per heavy atom. The molecule has 3 heterocycles. The van der Waals surface area contributed by atoms with E-state index in [1.165, 1.54) is 33.4 Å². The second-order valence-electron chi connectivity index (χ2n) is 21.6. The summed E-state index contributed by atoms with van der Waals surface area (Å²) in [4.78, 5) is 9.47. The number of pyridine rings is 1. The maximum atomic E-state index is 6.74. The SMILES string of the molecule is CC(C)(C)c1ccnc(-n2c3[c-]c(Oc4[c-]c(N5C=C(C(C)(C)c6ccccc6)N(c6cc(-c7ccccc7)cc(C(C)(C)c7ccccc7)c6)[CH-]5)ccc4)ccc3c3cc(C(C)(C)C)ccc32)c1.[Pt]. The smallest absolute Gasteiger partial charge is 0.135 e. The third-order valence-corrected chi connectivity index (χ3v) is 14.0. The molecule has 7 aromatic carbocycles. The first-order valence-corrected chi connectivity index (χ1v) is 24.1. The van der Waals surface area contributed by atoms with E-state index in [-0.39, 0.29) is 42.7 Å². The van der Waals surface area contributed by atoms with E-state index < -0.39 is 0 Å². The Kier molecular flexibility index (Phi) is 12.8. The van der Waals surface area contributed by atoms with E-state index in [0.29, 0.717) is 11.5 Å². The number of hydrogen-bond donors (Lipinski definition) is 0. The van der Waals surface area contributed by atoms with Gasteiger partial charge in [0, 0.05) is 66.5 Å². The minimum Gasteiger partial charge on any atom is -0.509 e. The van der Waals surface area contributed by atoms with Crippen LogP contribution in [0, 0.1) is 18.8 Å². The Bertz CT molecular complexity index is 3360. The van der Waals surface area contributed by atoms with Crippen LogP contribution in [-0.2, 0) is 42.7 Å². The van der Waals surface area contributed by atoms with E-state index in [0.717, 1.165) is 50.3 Å². The average molecular weight is 1100 g/mol. The minimum absolute atomic E-state index is 0. The van der Waals surface area contributed by atoms with Crippen molar-refractivity contribution in [3.8, 4) is 28.4 Å². The third kappa shape index (κ3) is 9.25. The summed E-state index contributed by atoms with van der Waals surface area (Å²) in [6.07, 6.45) is 4.17. The number of nitrogens with zero attached hydrogens (tertiary/aromatic N) is 4. The van der Waals surface area contributed by atoms with Crippen molar-refractivity contribution in [1.29, 1.82) is 0 Å². The second-order valence-corrected chi connectivity index (χ2v) is 21.6. The molecule has 0 aliphatic carbocycles. The average Bonchev–Trinajstić information content (AvgIpc) is 3.95. The van der Waals surface area contributed by atoms with Gasteiger partial charge in [-0.2, -0.15) is 12.1 Å². The van der Waals surface area contributed by atoms with E-state index in [4.69, 9.17) is 9.72 Å². The van der Waals surface area contributed by atoms with Gasteiger partial charge in [0.05, 0.1) is 0 Å². The monoisotopic (exact) mass is 1100 g/mol. The zero-order chi connectivity index (χ0) is 48.3. The Morgan fingerprint density at radius 1 is 0.500 bits per heavy atom. The number of rotatable bonds is 10. The van der Waals surface area contributed by atoms with Crippen molar-refractivity contribution in [2.45, 2.75) is 90.9 Å². The van der Waals surface area contributed by atoms with Crippen LogP contribution in [0.5, 0.6) is 11.5 Å². The van der Waals surface area contributed by atoms with Gasteiger partial charge in [-0.1, -0.05) is 184 Å². The van der Waals surface area contributed by atoms with E-state index in [1.807, 2.05) is 24.4 Å². The van der Waals surface area contributed by atoms with Crippen molar-refractivity contribution in [3.05, 3.63) is 235 Å². The predicted molar refractivity (Wildman–Crippen MR) is 287 cm³/mol. The fourth-order valence-electron chi connectivity index (χ4n) is 9.61. The number of hydrogen-bond acceptors (Lipinski definition) is 4. The van der Waals surface area contributed by atoms with Crippen molar-refractivity contribution >= 4 is 33.2 Å². The Balaban J connectivity index is 0.00000608. The Labute approximate surface area is 429 Å². The molecule has 0 atom stereocenters. The van der Waals surface area contributed by atoms with Crippen LogP contribution in [-0.4, -0.2) is 9.55 Å². The third-order valence-electron chi connectivity index (χ3n) is 14.0. The van der Waals surface area contributed by atoms with E-state index in [9.17, 15) is 0 Å². The molecule has 356 valence electrons.